The molecular weight excluding hydrogens is 554 g/mol. The molecule has 2 aliphatic heterocycles. The summed E-state index contributed by atoms with van der Waals surface area (Å²) in [4.78, 5) is 27.6. The third kappa shape index (κ3) is 5.56. The molecule has 11 heteroatoms. The van der Waals surface area contributed by atoms with E-state index in [0.29, 0.717) is 29.9 Å². The van der Waals surface area contributed by atoms with E-state index in [1.165, 1.54) is 11.4 Å². The van der Waals surface area contributed by atoms with Crippen molar-refractivity contribution in [1.82, 2.24) is 19.0 Å². The number of aromatic nitrogens is 2. The molecule has 5 rings (SSSR count). The number of carbonyl (C=O) groups excluding carboxylic acids is 2. The van der Waals surface area contributed by atoms with Crippen LogP contribution in [0.2, 0.25) is 0 Å². The zero-order chi connectivity index (χ0) is 29.9. The summed E-state index contributed by atoms with van der Waals surface area (Å²) in [6, 6.07) is 17.9. The summed E-state index contributed by atoms with van der Waals surface area (Å²) in [5.74, 6) is -1.19. The van der Waals surface area contributed by atoms with Crippen LogP contribution in [0.3, 0.4) is 0 Å². The Morgan fingerprint density at radius 3 is 2.33 bits per heavy atom. The second-order valence-corrected chi connectivity index (χ2v) is 12.1. The minimum Gasteiger partial charge on any atom is -0.383 e. The number of amides is 2. The zero-order valence-corrected chi connectivity index (χ0v) is 24.3. The molecule has 0 radical (unpaired) electrons. The Morgan fingerprint density at radius 1 is 1.00 bits per heavy atom. The highest BCUT2D eigenvalue weighted by Crippen LogP contribution is 2.32. The maximum Gasteiger partial charge on any atom is 0.271 e. The number of rotatable bonds is 8. The lowest BCUT2D eigenvalue weighted by molar-refractivity contribution is -0.141. The van der Waals surface area contributed by atoms with Gasteiger partial charge in [0.25, 0.3) is 11.8 Å². The molecule has 10 nitrogen and oxygen atoms in total. The van der Waals surface area contributed by atoms with Gasteiger partial charge in [0, 0.05) is 43.1 Å². The summed E-state index contributed by atoms with van der Waals surface area (Å²) in [6.07, 6.45) is 6.11. The molecule has 42 heavy (non-hydrogen) atoms. The fourth-order valence-corrected chi connectivity index (χ4v) is 6.66. The molecule has 2 amide bonds. The van der Waals surface area contributed by atoms with E-state index in [2.05, 4.69) is 0 Å². The van der Waals surface area contributed by atoms with Gasteiger partial charge >= 0.3 is 0 Å². The first-order chi connectivity index (χ1) is 20.3. The quantitative estimate of drug-likeness (QED) is 0.289. The summed E-state index contributed by atoms with van der Waals surface area (Å²) in [5.41, 5.74) is 2.86. The smallest absolute Gasteiger partial charge is 0.271 e. The van der Waals surface area contributed by atoms with Crippen LogP contribution in [-0.4, -0.2) is 72.6 Å². The van der Waals surface area contributed by atoms with Crippen LogP contribution in [0.1, 0.15) is 31.7 Å². The lowest BCUT2D eigenvalue weighted by atomic mass is 9.93. The highest BCUT2D eigenvalue weighted by Gasteiger charge is 2.35. The summed E-state index contributed by atoms with van der Waals surface area (Å²) < 4.78 is 34.7. The van der Waals surface area contributed by atoms with Crippen LogP contribution in [-0.2, 0) is 24.3 Å². The molecule has 216 valence electrons. The summed E-state index contributed by atoms with van der Waals surface area (Å²) in [7, 11) is -2.14. The maximum absolute atomic E-state index is 13.5. The van der Waals surface area contributed by atoms with Crippen molar-refractivity contribution in [2.24, 2.45) is 0 Å². The van der Waals surface area contributed by atoms with Crippen molar-refractivity contribution in [3.05, 3.63) is 83.1 Å². The summed E-state index contributed by atoms with van der Waals surface area (Å²) in [5, 5.41) is 14.5. The van der Waals surface area contributed by atoms with E-state index in [9.17, 15) is 23.3 Å². The Morgan fingerprint density at radius 2 is 1.69 bits per heavy atom. The first-order valence-electron chi connectivity index (χ1n) is 13.7. The van der Waals surface area contributed by atoms with Gasteiger partial charge in [-0.15, -0.1) is 0 Å². The molecule has 0 saturated carbocycles. The Kier molecular flexibility index (Phi) is 8.49. The van der Waals surface area contributed by atoms with Gasteiger partial charge in [-0.05, 0) is 55.7 Å². The van der Waals surface area contributed by atoms with E-state index in [4.69, 9.17) is 9.84 Å². The predicted octanol–water partition coefficient (Wildman–Crippen LogP) is 3.95. The van der Waals surface area contributed by atoms with Gasteiger partial charge in [-0.1, -0.05) is 36.8 Å². The minimum atomic E-state index is -3.61. The number of nitrogens with zero attached hydrogens (tertiary/aromatic N) is 5. The number of piperidine rings is 1. The highest BCUT2D eigenvalue weighted by molar-refractivity contribution is 7.89. The SMILES string of the molecule is COCCN1C(=O)C(C#N)=C(C)/C(=C\c2cn(-c3ccccc3)nc2-c2ccc(S(=O)(=O)N3CCCCC3)cc2)C1=O. The molecule has 3 heterocycles. The molecular formula is C31H31N5O5S. The van der Waals surface area contributed by atoms with Gasteiger partial charge in [0.15, 0.2) is 0 Å². The molecule has 3 aromatic rings. The van der Waals surface area contributed by atoms with E-state index in [1.54, 1.807) is 48.1 Å². The van der Waals surface area contributed by atoms with E-state index in [0.717, 1.165) is 29.8 Å². The number of sulfonamides is 1. The Labute approximate surface area is 245 Å². The Hall–Kier alpha value is -4.37. The van der Waals surface area contributed by atoms with Crippen LogP contribution < -0.4 is 0 Å². The summed E-state index contributed by atoms with van der Waals surface area (Å²) in [6.45, 7) is 2.74. The largest absolute Gasteiger partial charge is 0.383 e. The van der Waals surface area contributed by atoms with E-state index in [-0.39, 0.29) is 34.8 Å². The molecule has 1 saturated heterocycles. The lowest BCUT2D eigenvalue weighted by Crippen LogP contribution is -2.44. The number of para-hydroxylation sites is 1. The molecule has 0 bridgehead atoms. The fourth-order valence-electron chi connectivity index (χ4n) is 5.14. The molecule has 0 spiro atoms. The molecule has 1 aromatic heterocycles. The van der Waals surface area contributed by atoms with Crippen LogP contribution >= 0.6 is 0 Å². The first-order valence-corrected chi connectivity index (χ1v) is 15.1. The Bertz CT molecular complexity index is 1710. The van der Waals surface area contributed by atoms with Crippen molar-refractivity contribution in [2.45, 2.75) is 31.1 Å². The van der Waals surface area contributed by atoms with Gasteiger partial charge in [-0.25, -0.2) is 13.1 Å². The Balaban J connectivity index is 1.60. The molecule has 0 aliphatic carbocycles. The second kappa shape index (κ2) is 12.2. The zero-order valence-electron chi connectivity index (χ0n) is 23.5. The van der Waals surface area contributed by atoms with Crippen molar-refractivity contribution in [3.63, 3.8) is 0 Å². The van der Waals surface area contributed by atoms with Crippen LogP contribution in [0.5, 0.6) is 0 Å². The van der Waals surface area contributed by atoms with Gasteiger partial charge in [-0.2, -0.15) is 14.7 Å². The number of benzene rings is 2. The van der Waals surface area contributed by atoms with Crippen LogP contribution in [0.4, 0.5) is 0 Å². The van der Waals surface area contributed by atoms with Crippen LogP contribution in [0, 0.1) is 11.3 Å². The normalized spacial score (nSPS) is 17.6. The van der Waals surface area contributed by atoms with Gasteiger partial charge in [0.1, 0.15) is 11.6 Å². The lowest BCUT2D eigenvalue weighted by Gasteiger charge is -2.27. The number of carbonyl (C=O) groups is 2. The highest BCUT2D eigenvalue weighted by atomic mass is 32.2. The van der Waals surface area contributed by atoms with Crippen molar-refractivity contribution < 1.29 is 22.7 Å². The average molecular weight is 586 g/mol. The third-order valence-electron chi connectivity index (χ3n) is 7.49. The first kappa shape index (κ1) is 29.1. The summed E-state index contributed by atoms with van der Waals surface area (Å²) >= 11 is 0. The monoisotopic (exact) mass is 585 g/mol. The molecule has 0 N–H and O–H groups in total. The number of imide groups is 1. The average Bonchev–Trinajstić information content (AvgIpc) is 3.44. The maximum atomic E-state index is 13.5. The van der Waals surface area contributed by atoms with Crippen molar-refractivity contribution in [2.75, 3.05) is 33.4 Å². The number of hydrogen-bond donors (Lipinski definition) is 0. The van der Waals surface area contributed by atoms with Crippen molar-refractivity contribution >= 4 is 27.9 Å². The van der Waals surface area contributed by atoms with Gasteiger partial charge in [-0.3, -0.25) is 14.5 Å². The van der Waals surface area contributed by atoms with E-state index in [1.807, 2.05) is 36.4 Å². The third-order valence-corrected chi connectivity index (χ3v) is 9.40. The van der Waals surface area contributed by atoms with E-state index < -0.39 is 21.8 Å². The molecule has 0 unspecified atom stereocenters. The number of nitriles is 1. The van der Waals surface area contributed by atoms with Gasteiger partial charge in [0.05, 0.1) is 29.4 Å². The molecule has 2 aromatic carbocycles. The minimum absolute atomic E-state index is 0.00700. The van der Waals surface area contributed by atoms with Gasteiger partial charge < -0.3 is 4.74 Å². The molecule has 2 aliphatic rings. The number of hydrogen-bond acceptors (Lipinski definition) is 7. The number of ether oxygens (including phenoxy) is 1. The standard InChI is InChI=1S/C31H31N5O5S/c1-22-27(30(37)35(17-18-41-2)31(38)28(22)20-32)19-24-21-36(25-9-5-3-6-10-25)33-29(24)23-11-13-26(14-12-23)42(39,40)34-15-7-4-8-16-34/h3,5-6,9-14,19,21H,4,7-8,15-18H2,1-2H3/b27-19+. The second-order valence-electron chi connectivity index (χ2n) is 10.1. The van der Waals surface area contributed by atoms with Crippen molar-refractivity contribution in [3.8, 4) is 23.0 Å². The van der Waals surface area contributed by atoms with Crippen LogP contribution in [0.15, 0.2) is 82.4 Å². The number of methoxy groups -OCH3 is 1. The molecule has 1 fully saturated rings. The molecule has 0 atom stereocenters. The van der Waals surface area contributed by atoms with Crippen molar-refractivity contribution in [1.29, 1.82) is 5.26 Å². The van der Waals surface area contributed by atoms with E-state index >= 15 is 0 Å². The predicted molar refractivity (Wildman–Crippen MR) is 156 cm³/mol. The fraction of sp³-hybridized carbons (Fsp3) is 0.290. The van der Waals surface area contributed by atoms with Crippen LogP contribution in [0.25, 0.3) is 23.0 Å². The van der Waals surface area contributed by atoms with Gasteiger partial charge in [0.2, 0.25) is 10.0 Å². The topological polar surface area (TPSA) is 126 Å².